The minimum absolute atomic E-state index is 0.0774. The average Bonchev–Trinajstić information content (AvgIpc) is 2.43. The van der Waals surface area contributed by atoms with Crippen molar-refractivity contribution in [1.29, 1.82) is 0 Å². The second-order valence-corrected chi connectivity index (χ2v) is 4.39. The van der Waals surface area contributed by atoms with Gasteiger partial charge in [-0.05, 0) is 44.9 Å². The molecule has 0 spiro atoms. The Hall–Kier alpha value is -1.32. The predicted molar refractivity (Wildman–Crippen MR) is 67.6 cm³/mol. The molecule has 4 nitrogen and oxygen atoms in total. The highest BCUT2D eigenvalue weighted by atomic mass is 16.5. The molecule has 0 unspecified atom stereocenters. The largest absolute Gasteiger partial charge is 0.465 e. The summed E-state index contributed by atoms with van der Waals surface area (Å²) in [7, 11) is 0. The van der Waals surface area contributed by atoms with Crippen molar-refractivity contribution in [3.05, 3.63) is 19.1 Å². The lowest BCUT2D eigenvalue weighted by Crippen LogP contribution is -2.21. The van der Waals surface area contributed by atoms with Crippen LogP contribution in [0.3, 0.4) is 0 Å². The van der Waals surface area contributed by atoms with Gasteiger partial charge in [0.1, 0.15) is 0 Å². The Morgan fingerprint density at radius 2 is 1.78 bits per heavy atom. The first kappa shape index (κ1) is 14.7. The molecule has 1 aliphatic rings. The van der Waals surface area contributed by atoms with Crippen molar-refractivity contribution in [2.24, 2.45) is 5.92 Å². The number of esters is 2. The van der Waals surface area contributed by atoms with Crippen LogP contribution in [0.5, 0.6) is 0 Å². The zero-order valence-electron chi connectivity index (χ0n) is 10.7. The van der Waals surface area contributed by atoms with Crippen molar-refractivity contribution in [3.8, 4) is 0 Å². The van der Waals surface area contributed by atoms with Gasteiger partial charge in [0, 0.05) is 6.08 Å². The third-order valence-electron chi connectivity index (χ3n) is 2.97. The Balaban J connectivity index is 1.98. The Bertz CT molecular complexity index is 280. The van der Waals surface area contributed by atoms with Gasteiger partial charge in [-0.25, -0.2) is 4.79 Å². The van der Waals surface area contributed by atoms with E-state index in [1.165, 1.54) is 0 Å². The van der Waals surface area contributed by atoms with Gasteiger partial charge in [-0.15, -0.1) is 0 Å². The van der Waals surface area contributed by atoms with E-state index in [0.29, 0.717) is 19.6 Å². The summed E-state index contributed by atoms with van der Waals surface area (Å²) in [6.45, 7) is 4.06. The molecule has 0 aromatic rings. The molecule has 1 radical (unpaired) electrons. The summed E-state index contributed by atoms with van der Waals surface area (Å²) in [6.07, 6.45) is 8.62. The molecule has 18 heavy (non-hydrogen) atoms. The molecule has 0 aliphatic heterocycles. The number of rotatable bonds is 7. The van der Waals surface area contributed by atoms with E-state index in [1.807, 2.05) is 0 Å². The standard InChI is InChI=1S/C14H21O4/c1-2-13(15)17-10-6-7-11-18-14(16)12-8-4-3-5-9-12/h2-3,12H,1,4-11H2. The SMILES string of the molecule is C=CC(=O)OCCCCOC(=O)C1CC[CH]CC1. The van der Waals surface area contributed by atoms with Crippen molar-refractivity contribution >= 4 is 11.9 Å². The lowest BCUT2D eigenvalue weighted by molar-refractivity contribution is -0.150. The van der Waals surface area contributed by atoms with E-state index in [4.69, 9.17) is 9.47 Å². The lowest BCUT2D eigenvalue weighted by atomic mass is 9.89. The average molecular weight is 253 g/mol. The Morgan fingerprint density at radius 1 is 1.17 bits per heavy atom. The van der Waals surface area contributed by atoms with Crippen molar-refractivity contribution < 1.29 is 19.1 Å². The fraction of sp³-hybridized carbons (Fsp3) is 0.643. The molecular formula is C14H21O4. The van der Waals surface area contributed by atoms with E-state index in [0.717, 1.165) is 38.2 Å². The van der Waals surface area contributed by atoms with Gasteiger partial charge in [0.2, 0.25) is 0 Å². The fourth-order valence-electron chi connectivity index (χ4n) is 1.89. The zero-order chi connectivity index (χ0) is 13.2. The van der Waals surface area contributed by atoms with Gasteiger partial charge in [-0.3, -0.25) is 4.79 Å². The van der Waals surface area contributed by atoms with Gasteiger partial charge in [0.25, 0.3) is 0 Å². The molecule has 1 aliphatic carbocycles. The molecular weight excluding hydrogens is 232 g/mol. The van der Waals surface area contributed by atoms with E-state index in [9.17, 15) is 9.59 Å². The first-order valence-electron chi connectivity index (χ1n) is 6.51. The molecule has 0 N–H and O–H groups in total. The topological polar surface area (TPSA) is 52.6 Å². The Morgan fingerprint density at radius 3 is 2.39 bits per heavy atom. The monoisotopic (exact) mass is 253 g/mol. The van der Waals surface area contributed by atoms with Crippen molar-refractivity contribution in [2.45, 2.75) is 38.5 Å². The summed E-state index contributed by atoms with van der Waals surface area (Å²) < 4.78 is 10.0. The highest BCUT2D eigenvalue weighted by Gasteiger charge is 2.22. The molecule has 101 valence electrons. The zero-order valence-corrected chi connectivity index (χ0v) is 10.7. The number of hydrogen-bond acceptors (Lipinski definition) is 4. The molecule has 4 heteroatoms. The van der Waals surface area contributed by atoms with E-state index in [2.05, 4.69) is 13.0 Å². The van der Waals surface area contributed by atoms with Crippen molar-refractivity contribution in [3.63, 3.8) is 0 Å². The second kappa shape index (κ2) is 8.72. The van der Waals surface area contributed by atoms with Gasteiger partial charge < -0.3 is 9.47 Å². The van der Waals surface area contributed by atoms with Crippen LogP contribution in [0.25, 0.3) is 0 Å². The molecule has 1 rings (SSSR count). The van der Waals surface area contributed by atoms with Crippen LogP contribution in [0.15, 0.2) is 12.7 Å². The van der Waals surface area contributed by atoms with Crippen LogP contribution in [0, 0.1) is 12.3 Å². The minimum atomic E-state index is -0.412. The van der Waals surface area contributed by atoms with Crippen LogP contribution in [0.2, 0.25) is 0 Å². The molecule has 1 saturated carbocycles. The van der Waals surface area contributed by atoms with E-state index in [1.54, 1.807) is 0 Å². The molecule has 0 saturated heterocycles. The van der Waals surface area contributed by atoms with E-state index in [-0.39, 0.29) is 11.9 Å². The van der Waals surface area contributed by atoms with E-state index < -0.39 is 5.97 Å². The second-order valence-electron chi connectivity index (χ2n) is 4.39. The van der Waals surface area contributed by atoms with Gasteiger partial charge >= 0.3 is 11.9 Å². The normalized spacial score (nSPS) is 16.0. The predicted octanol–water partition coefficient (Wildman–Crippen LogP) is 2.43. The Labute approximate surface area is 108 Å². The van der Waals surface area contributed by atoms with Crippen LogP contribution >= 0.6 is 0 Å². The molecule has 0 heterocycles. The van der Waals surface area contributed by atoms with E-state index >= 15 is 0 Å². The van der Waals surface area contributed by atoms with Gasteiger partial charge in [0.05, 0.1) is 19.1 Å². The smallest absolute Gasteiger partial charge is 0.330 e. The van der Waals surface area contributed by atoms with Crippen LogP contribution in [-0.4, -0.2) is 25.2 Å². The highest BCUT2D eigenvalue weighted by Crippen LogP contribution is 2.23. The number of carbonyl (C=O) groups excluding carboxylic acids is 2. The summed E-state index contributed by atoms with van der Waals surface area (Å²) in [5.74, 6) is -0.412. The molecule has 0 amide bonds. The molecule has 0 aromatic heterocycles. The summed E-state index contributed by atoms with van der Waals surface area (Å²) in [5.41, 5.74) is 0. The minimum Gasteiger partial charge on any atom is -0.465 e. The third-order valence-corrected chi connectivity index (χ3v) is 2.97. The summed E-state index contributed by atoms with van der Waals surface area (Å²) in [4.78, 5) is 22.4. The first-order valence-corrected chi connectivity index (χ1v) is 6.51. The van der Waals surface area contributed by atoms with Crippen LogP contribution in [-0.2, 0) is 19.1 Å². The number of carbonyl (C=O) groups is 2. The maximum atomic E-state index is 11.7. The fourth-order valence-corrected chi connectivity index (χ4v) is 1.89. The van der Waals surface area contributed by atoms with Crippen molar-refractivity contribution in [2.75, 3.05) is 13.2 Å². The highest BCUT2D eigenvalue weighted by molar-refractivity contribution is 5.81. The third kappa shape index (κ3) is 5.84. The van der Waals surface area contributed by atoms with Crippen molar-refractivity contribution in [1.82, 2.24) is 0 Å². The summed E-state index contributed by atoms with van der Waals surface area (Å²) in [5, 5.41) is 0. The molecule has 0 atom stereocenters. The van der Waals surface area contributed by atoms with Gasteiger partial charge in [0.15, 0.2) is 0 Å². The number of ether oxygens (including phenoxy) is 2. The van der Waals surface area contributed by atoms with Gasteiger partial charge in [-0.1, -0.05) is 6.58 Å². The van der Waals surface area contributed by atoms with Crippen LogP contribution in [0.1, 0.15) is 38.5 Å². The summed E-state index contributed by atoms with van der Waals surface area (Å²) in [6, 6.07) is 0. The first-order chi connectivity index (χ1) is 8.74. The lowest BCUT2D eigenvalue weighted by Gasteiger charge is -2.19. The number of unbranched alkanes of at least 4 members (excludes halogenated alkanes) is 1. The Kier molecular flexibility index (Phi) is 7.14. The maximum Gasteiger partial charge on any atom is 0.330 e. The number of hydrogen-bond donors (Lipinski definition) is 0. The van der Waals surface area contributed by atoms with Crippen LogP contribution < -0.4 is 0 Å². The molecule has 0 bridgehead atoms. The summed E-state index contributed by atoms with van der Waals surface area (Å²) >= 11 is 0. The maximum absolute atomic E-state index is 11.7. The molecule has 0 aromatic carbocycles. The van der Waals surface area contributed by atoms with Gasteiger partial charge in [-0.2, -0.15) is 0 Å². The van der Waals surface area contributed by atoms with Crippen LogP contribution in [0.4, 0.5) is 0 Å². The quantitative estimate of drug-likeness (QED) is 0.397. The molecule has 1 fully saturated rings.